The summed E-state index contributed by atoms with van der Waals surface area (Å²) in [4.78, 5) is 12.2. The quantitative estimate of drug-likeness (QED) is 0.808. The van der Waals surface area contributed by atoms with Crippen molar-refractivity contribution < 1.29 is 19.0 Å². The van der Waals surface area contributed by atoms with Gasteiger partial charge in [0, 0.05) is 23.4 Å². The molecule has 0 aliphatic heterocycles. The molecular formula is C20H23NO4. The molecule has 0 aliphatic carbocycles. The van der Waals surface area contributed by atoms with Gasteiger partial charge in [-0.15, -0.1) is 0 Å². The number of nitrogens with one attached hydrogen (secondary N) is 1. The lowest BCUT2D eigenvalue weighted by atomic mass is 10.1. The summed E-state index contributed by atoms with van der Waals surface area (Å²) in [7, 11) is 4.68. The number of hydrogen-bond acceptors (Lipinski definition) is 4. The van der Waals surface area contributed by atoms with Crippen molar-refractivity contribution in [1.29, 1.82) is 0 Å². The SMILES string of the molecule is COc1cc(OC)c(OC)cc1/C=C/C(=O)Nc1cc(C)cc(C)c1. The van der Waals surface area contributed by atoms with Gasteiger partial charge >= 0.3 is 0 Å². The maximum absolute atomic E-state index is 12.2. The van der Waals surface area contributed by atoms with Crippen LogP contribution in [0.1, 0.15) is 16.7 Å². The predicted octanol–water partition coefficient (Wildman–Crippen LogP) is 3.98. The fourth-order valence-corrected chi connectivity index (χ4v) is 2.58. The largest absolute Gasteiger partial charge is 0.496 e. The number of carbonyl (C=O) groups is 1. The summed E-state index contributed by atoms with van der Waals surface area (Å²) in [5.41, 5.74) is 3.68. The molecule has 1 amide bonds. The Hall–Kier alpha value is -2.95. The molecule has 2 rings (SSSR count). The highest BCUT2D eigenvalue weighted by Gasteiger charge is 2.10. The number of carbonyl (C=O) groups excluding carboxylic acids is 1. The van der Waals surface area contributed by atoms with Gasteiger partial charge in [-0.05, 0) is 49.2 Å². The second-order valence-electron chi connectivity index (χ2n) is 5.65. The molecule has 2 aromatic carbocycles. The van der Waals surface area contributed by atoms with Crippen molar-refractivity contribution in [2.75, 3.05) is 26.6 Å². The van der Waals surface area contributed by atoms with E-state index in [0.29, 0.717) is 17.2 Å². The molecule has 2 aromatic rings. The van der Waals surface area contributed by atoms with Crippen molar-refractivity contribution in [1.82, 2.24) is 0 Å². The van der Waals surface area contributed by atoms with Crippen molar-refractivity contribution in [3.63, 3.8) is 0 Å². The lowest BCUT2D eigenvalue weighted by molar-refractivity contribution is -0.111. The Bertz CT molecular complexity index is 776. The minimum Gasteiger partial charge on any atom is -0.496 e. The molecular weight excluding hydrogens is 318 g/mol. The molecule has 0 bridgehead atoms. The summed E-state index contributed by atoms with van der Waals surface area (Å²) in [5, 5.41) is 2.86. The summed E-state index contributed by atoms with van der Waals surface area (Å²) in [5.74, 6) is 1.50. The maximum Gasteiger partial charge on any atom is 0.248 e. The number of benzene rings is 2. The van der Waals surface area contributed by atoms with Gasteiger partial charge in [0.25, 0.3) is 0 Å². The summed E-state index contributed by atoms with van der Waals surface area (Å²) < 4.78 is 15.9. The number of rotatable bonds is 6. The third-order valence-corrected chi connectivity index (χ3v) is 3.64. The average molecular weight is 341 g/mol. The Morgan fingerprint density at radius 2 is 1.40 bits per heavy atom. The van der Waals surface area contributed by atoms with E-state index in [1.807, 2.05) is 26.0 Å². The van der Waals surface area contributed by atoms with Gasteiger partial charge in [0.15, 0.2) is 11.5 Å². The van der Waals surface area contributed by atoms with Crippen molar-refractivity contribution >= 4 is 17.7 Å². The van der Waals surface area contributed by atoms with Crippen LogP contribution >= 0.6 is 0 Å². The van der Waals surface area contributed by atoms with Gasteiger partial charge in [0.05, 0.1) is 21.3 Å². The number of amides is 1. The topological polar surface area (TPSA) is 56.8 Å². The molecule has 0 spiro atoms. The minimum atomic E-state index is -0.221. The van der Waals surface area contributed by atoms with Crippen LogP contribution < -0.4 is 19.5 Å². The monoisotopic (exact) mass is 341 g/mol. The lowest BCUT2D eigenvalue weighted by Gasteiger charge is -2.12. The first-order chi connectivity index (χ1) is 12.0. The Balaban J connectivity index is 2.21. The molecule has 0 heterocycles. The third kappa shape index (κ3) is 4.76. The Labute approximate surface area is 148 Å². The van der Waals surface area contributed by atoms with Gasteiger partial charge in [-0.2, -0.15) is 0 Å². The number of hydrogen-bond donors (Lipinski definition) is 1. The van der Waals surface area contributed by atoms with Gasteiger partial charge in [0.2, 0.25) is 5.91 Å². The van der Waals surface area contributed by atoms with Crippen LogP contribution in [0.15, 0.2) is 36.4 Å². The molecule has 0 saturated carbocycles. The van der Waals surface area contributed by atoms with Crippen LogP contribution in [-0.4, -0.2) is 27.2 Å². The molecule has 132 valence electrons. The fraction of sp³-hybridized carbons (Fsp3) is 0.250. The zero-order valence-electron chi connectivity index (χ0n) is 15.2. The molecule has 0 unspecified atom stereocenters. The van der Waals surface area contributed by atoms with E-state index in [1.54, 1.807) is 39.5 Å². The molecule has 0 aromatic heterocycles. The van der Waals surface area contributed by atoms with Crippen LogP contribution in [0.2, 0.25) is 0 Å². The van der Waals surface area contributed by atoms with Crippen LogP contribution in [0.3, 0.4) is 0 Å². The Morgan fingerprint density at radius 1 is 0.840 bits per heavy atom. The van der Waals surface area contributed by atoms with Crippen molar-refractivity contribution in [3.05, 3.63) is 53.1 Å². The third-order valence-electron chi connectivity index (χ3n) is 3.64. The standard InChI is InChI=1S/C20H23NO4/c1-13-8-14(2)10-16(9-13)21-20(22)7-6-15-11-18(24-4)19(25-5)12-17(15)23-3/h6-12H,1-5H3,(H,21,22)/b7-6+. The van der Waals surface area contributed by atoms with Gasteiger partial charge in [0.1, 0.15) is 5.75 Å². The molecule has 0 radical (unpaired) electrons. The summed E-state index contributed by atoms with van der Waals surface area (Å²) in [6.45, 7) is 3.99. The zero-order valence-corrected chi connectivity index (χ0v) is 15.2. The van der Waals surface area contributed by atoms with E-state index in [2.05, 4.69) is 11.4 Å². The van der Waals surface area contributed by atoms with Crippen molar-refractivity contribution in [3.8, 4) is 17.2 Å². The van der Waals surface area contributed by atoms with Gasteiger partial charge in [-0.1, -0.05) is 6.07 Å². The van der Waals surface area contributed by atoms with Gasteiger partial charge < -0.3 is 19.5 Å². The van der Waals surface area contributed by atoms with E-state index < -0.39 is 0 Å². The lowest BCUT2D eigenvalue weighted by Crippen LogP contribution is -2.08. The molecule has 0 atom stereocenters. The smallest absolute Gasteiger partial charge is 0.248 e. The van der Waals surface area contributed by atoms with Crippen LogP contribution in [0.5, 0.6) is 17.2 Å². The summed E-state index contributed by atoms with van der Waals surface area (Å²) in [6.07, 6.45) is 3.14. The number of ether oxygens (including phenoxy) is 3. The van der Waals surface area contributed by atoms with Crippen molar-refractivity contribution in [2.45, 2.75) is 13.8 Å². The molecule has 5 heteroatoms. The first-order valence-electron chi connectivity index (χ1n) is 7.84. The minimum absolute atomic E-state index is 0.221. The van der Waals surface area contributed by atoms with Crippen LogP contribution in [0, 0.1) is 13.8 Å². The number of anilines is 1. The molecule has 0 aliphatic rings. The van der Waals surface area contributed by atoms with E-state index in [0.717, 1.165) is 22.4 Å². The van der Waals surface area contributed by atoms with E-state index in [1.165, 1.54) is 6.08 Å². The summed E-state index contributed by atoms with van der Waals surface area (Å²) in [6, 6.07) is 9.39. The Morgan fingerprint density at radius 3 is 1.96 bits per heavy atom. The average Bonchev–Trinajstić information content (AvgIpc) is 2.58. The number of aryl methyl sites for hydroxylation is 2. The van der Waals surface area contributed by atoms with E-state index in [-0.39, 0.29) is 5.91 Å². The normalized spacial score (nSPS) is 10.6. The van der Waals surface area contributed by atoms with Gasteiger partial charge in [-0.3, -0.25) is 4.79 Å². The van der Waals surface area contributed by atoms with Crippen LogP contribution in [-0.2, 0) is 4.79 Å². The maximum atomic E-state index is 12.2. The van der Waals surface area contributed by atoms with E-state index in [9.17, 15) is 4.79 Å². The van der Waals surface area contributed by atoms with Crippen LogP contribution in [0.4, 0.5) is 5.69 Å². The molecule has 0 saturated heterocycles. The molecule has 25 heavy (non-hydrogen) atoms. The van der Waals surface area contributed by atoms with Crippen LogP contribution in [0.25, 0.3) is 6.08 Å². The highest BCUT2D eigenvalue weighted by Crippen LogP contribution is 2.35. The van der Waals surface area contributed by atoms with Gasteiger partial charge in [-0.25, -0.2) is 0 Å². The zero-order chi connectivity index (χ0) is 18.4. The predicted molar refractivity (Wildman–Crippen MR) is 99.7 cm³/mol. The highest BCUT2D eigenvalue weighted by molar-refractivity contribution is 6.02. The first kappa shape index (κ1) is 18.4. The van der Waals surface area contributed by atoms with Crippen molar-refractivity contribution in [2.24, 2.45) is 0 Å². The molecule has 1 N–H and O–H groups in total. The second kappa shape index (κ2) is 8.24. The Kier molecular flexibility index (Phi) is 6.06. The second-order valence-corrected chi connectivity index (χ2v) is 5.65. The number of methoxy groups -OCH3 is 3. The van der Waals surface area contributed by atoms with E-state index >= 15 is 0 Å². The highest BCUT2D eigenvalue weighted by atomic mass is 16.5. The first-order valence-corrected chi connectivity index (χ1v) is 7.84. The van der Waals surface area contributed by atoms with E-state index in [4.69, 9.17) is 14.2 Å². The summed E-state index contributed by atoms with van der Waals surface area (Å²) >= 11 is 0. The fourth-order valence-electron chi connectivity index (χ4n) is 2.58. The molecule has 0 fully saturated rings. The molecule has 5 nitrogen and oxygen atoms in total.